The first-order chi connectivity index (χ1) is 8.60. The van der Waals surface area contributed by atoms with Crippen molar-refractivity contribution in [1.29, 1.82) is 0 Å². The van der Waals surface area contributed by atoms with Crippen molar-refractivity contribution < 1.29 is 9.84 Å². The summed E-state index contributed by atoms with van der Waals surface area (Å²) in [6.45, 7) is -0.0686. The van der Waals surface area contributed by atoms with Crippen LogP contribution >= 0.6 is 34.8 Å². The highest BCUT2D eigenvalue weighted by Gasteiger charge is 2.08. The number of aromatic nitrogens is 1. The quantitative estimate of drug-likeness (QED) is 0.858. The monoisotopic (exact) mass is 303 g/mol. The number of aliphatic hydroxyl groups excluding tert-OH is 1. The van der Waals surface area contributed by atoms with Crippen LogP contribution in [0.2, 0.25) is 15.1 Å². The molecule has 1 N–H and O–H groups in total. The fourth-order valence-corrected chi connectivity index (χ4v) is 1.84. The van der Waals surface area contributed by atoms with Gasteiger partial charge >= 0.3 is 0 Å². The first-order valence-corrected chi connectivity index (χ1v) is 6.11. The van der Waals surface area contributed by atoms with Crippen molar-refractivity contribution in [3.8, 4) is 11.6 Å². The van der Waals surface area contributed by atoms with Gasteiger partial charge in [-0.05, 0) is 17.7 Å². The van der Waals surface area contributed by atoms with Gasteiger partial charge in [-0.2, -0.15) is 0 Å². The third-order valence-electron chi connectivity index (χ3n) is 2.17. The van der Waals surface area contributed by atoms with E-state index in [1.54, 1.807) is 12.1 Å². The van der Waals surface area contributed by atoms with Crippen LogP contribution < -0.4 is 4.74 Å². The molecule has 2 aromatic rings. The molecule has 0 fully saturated rings. The van der Waals surface area contributed by atoms with Crippen molar-refractivity contribution in [1.82, 2.24) is 4.98 Å². The lowest BCUT2D eigenvalue weighted by Crippen LogP contribution is -1.91. The molecule has 0 saturated heterocycles. The Bertz CT molecular complexity index is 558. The van der Waals surface area contributed by atoms with Crippen molar-refractivity contribution >= 4 is 34.8 Å². The van der Waals surface area contributed by atoms with Gasteiger partial charge in [0, 0.05) is 18.3 Å². The summed E-state index contributed by atoms with van der Waals surface area (Å²) < 4.78 is 5.48. The van der Waals surface area contributed by atoms with Gasteiger partial charge in [-0.25, -0.2) is 4.98 Å². The van der Waals surface area contributed by atoms with E-state index in [1.807, 2.05) is 0 Å². The van der Waals surface area contributed by atoms with Crippen LogP contribution in [0.25, 0.3) is 0 Å². The Morgan fingerprint density at radius 3 is 2.39 bits per heavy atom. The topological polar surface area (TPSA) is 42.4 Å². The van der Waals surface area contributed by atoms with Crippen LogP contribution in [0.3, 0.4) is 0 Å². The molecule has 0 aliphatic rings. The van der Waals surface area contributed by atoms with Crippen LogP contribution in [0.4, 0.5) is 0 Å². The number of nitrogens with zero attached hydrogens (tertiary/aromatic N) is 1. The molecule has 2 rings (SSSR count). The van der Waals surface area contributed by atoms with E-state index in [2.05, 4.69) is 4.98 Å². The van der Waals surface area contributed by atoms with Crippen LogP contribution in [0.1, 0.15) is 5.56 Å². The molecule has 1 aromatic heterocycles. The minimum atomic E-state index is -0.0686. The van der Waals surface area contributed by atoms with Gasteiger partial charge in [0.15, 0.2) is 0 Å². The fraction of sp³-hybridized carbons (Fsp3) is 0.0833. The lowest BCUT2D eigenvalue weighted by molar-refractivity contribution is 0.281. The van der Waals surface area contributed by atoms with E-state index in [1.165, 1.54) is 18.3 Å². The SMILES string of the molecule is OCc1ccc(Oc2cc(Cl)c(Cl)cc2Cl)nc1. The average molecular weight is 305 g/mol. The molecule has 18 heavy (non-hydrogen) atoms. The van der Waals surface area contributed by atoms with Crippen molar-refractivity contribution in [3.05, 3.63) is 51.1 Å². The largest absolute Gasteiger partial charge is 0.437 e. The summed E-state index contributed by atoms with van der Waals surface area (Å²) in [7, 11) is 0. The molecule has 0 atom stereocenters. The Kier molecular flexibility index (Phi) is 4.30. The number of rotatable bonds is 3. The molecule has 6 heteroatoms. The number of aliphatic hydroxyl groups is 1. The summed E-state index contributed by atoms with van der Waals surface area (Å²) in [6, 6.07) is 6.36. The second kappa shape index (κ2) is 5.76. The van der Waals surface area contributed by atoms with Crippen molar-refractivity contribution in [2.45, 2.75) is 6.61 Å². The van der Waals surface area contributed by atoms with Crippen LogP contribution in [0, 0.1) is 0 Å². The van der Waals surface area contributed by atoms with Gasteiger partial charge in [-0.3, -0.25) is 0 Å². The van der Waals surface area contributed by atoms with Crippen LogP contribution in [0.5, 0.6) is 11.6 Å². The molecule has 0 amide bonds. The standard InChI is InChI=1S/C12H8Cl3NO2/c13-8-3-10(15)11(4-9(8)14)18-12-2-1-7(6-17)5-16-12/h1-5,17H,6H2. The summed E-state index contributed by atoms with van der Waals surface area (Å²) in [5.74, 6) is 0.725. The van der Waals surface area contributed by atoms with E-state index in [0.29, 0.717) is 32.3 Å². The molecule has 0 unspecified atom stereocenters. The molecule has 0 aliphatic heterocycles. The Labute approximate surface area is 119 Å². The molecule has 0 spiro atoms. The van der Waals surface area contributed by atoms with Gasteiger partial charge in [0.05, 0.1) is 21.7 Å². The number of hydrogen-bond acceptors (Lipinski definition) is 3. The number of pyridine rings is 1. The molecule has 1 heterocycles. The summed E-state index contributed by atoms with van der Waals surface area (Å²) >= 11 is 17.7. The molecule has 0 bridgehead atoms. The first kappa shape index (κ1) is 13.4. The van der Waals surface area contributed by atoms with E-state index < -0.39 is 0 Å². The van der Waals surface area contributed by atoms with Crippen molar-refractivity contribution in [2.75, 3.05) is 0 Å². The van der Waals surface area contributed by atoms with Gasteiger partial charge in [0.2, 0.25) is 5.88 Å². The molecule has 0 aliphatic carbocycles. The van der Waals surface area contributed by atoms with E-state index in [0.717, 1.165) is 0 Å². The van der Waals surface area contributed by atoms with Crippen molar-refractivity contribution in [3.63, 3.8) is 0 Å². The predicted molar refractivity (Wildman–Crippen MR) is 71.7 cm³/mol. The summed E-state index contributed by atoms with van der Waals surface area (Å²) in [5.41, 5.74) is 0.697. The van der Waals surface area contributed by atoms with E-state index in [9.17, 15) is 0 Å². The van der Waals surface area contributed by atoms with Crippen molar-refractivity contribution in [2.24, 2.45) is 0 Å². The molecular formula is C12H8Cl3NO2. The third-order valence-corrected chi connectivity index (χ3v) is 3.19. The van der Waals surface area contributed by atoms with Gasteiger partial charge in [0.25, 0.3) is 0 Å². The summed E-state index contributed by atoms with van der Waals surface area (Å²) in [5, 5.41) is 9.95. The van der Waals surface area contributed by atoms with Crippen LogP contribution in [0.15, 0.2) is 30.5 Å². The molecule has 94 valence electrons. The second-order valence-electron chi connectivity index (χ2n) is 3.46. The number of ether oxygens (including phenoxy) is 1. The maximum atomic E-state index is 8.90. The van der Waals surface area contributed by atoms with E-state index in [-0.39, 0.29) is 6.61 Å². The minimum absolute atomic E-state index is 0.0686. The summed E-state index contributed by atoms with van der Waals surface area (Å²) in [4.78, 5) is 4.02. The third kappa shape index (κ3) is 3.06. The van der Waals surface area contributed by atoms with Crippen LogP contribution in [-0.4, -0.2) is 10.1 Å². The highest BCUT2D eigenvalue weighted by atomic mass is 35.5. The highest BCUT2D eigenvalue weighted by Crippen LogP contribution is 2.35. The number of halogens is 3. The lowest BCUT2D eigenvalue weighted by Gasteiger charge is -2.08. The Morgan fingerprint density at radius 2 is 1.78 bits per heavy atom. The predicted octanol–water partition coefficient (Wildman–Crippen LogP) is 4.33. The van der Waals surface area contributed by atoms with Crippen LogP contribution in [-0.2, 0) is 6.61 Å². The van der Waals surface area contributed by atoms with Gasteiger partial charge in [-0.1, -0.05) is 34.8 Å². The molecule has 0 radical (unpaired) electrons. The Morgan fingerprint density at radius 1 is 1.06 bits per heavy atom. The zero-order valence-corrected chi connectivity index (χ0v) is 11.3. The molecule has 3 nitrogen and oxygen atoms in total. The number of hydrogen-bond donors (Lipinski definition) is 1. The minimum Gasteiger partial charge on any atom is -0.437 e. The molecule has 1 aromatic carbocycles. The van der Waals surface area contributed by atoms with Gasteiger partial charge in [0.1, 0.15) is 5.75 Å². The highest BCUT2D eigenvalue weighted by molar-refractivity contribution is 6.43. The fourth-order valence-electron chi connectivity index (χ4n) is 1.26. The number of benzene rings is 1. The lowest BCUT2D eigenvalue weighted by atomic mass is 10.3. The smallest absolute Gasteiger partial charge is 0.219 e. The van der Waals surface area contributed by atoms with E-state index in [4.69, 9.17) is 44.6 Å². The summed E-state index contributed by atoms with van der Waals surface area (Å²) in [6.07, 6.45) is 1.51. The average Bonchev–Trinajstić information content (AvgIpc) is 2.37. The van der Waals surface area contributed by atoms with E-state index >= 15 is 0 Å². The molecule has 0 saturated carbocycles. The van der Waals surface area contributed by atoms with Gasteiger partial charge < -0.3 is 9.84 Å². The maximum Gasteiger partial charge on any atom is 0.219 e. The Balaban J connectivity index is 2.25. The zero-order valence-electron chi connectivity index (χ0n) is 9.03. The zero-order chi connectivity index (χ0) is 13.1. The normalized spacial score (nSPS) is 10.4. The maximum absolute atomic E-state index is 8.90. The van der Waals surface area contributed by atoms with Gasteiger partial charge in [-0.15, -0.1) is 0 Å². The second-order valence-corrected chi connectivity index (χ2v) is 4.68. The Hall–Kier alpha value is -1.000. The first-order valence-electron chi connectivity index (χ1n) is 4.98. The molecular weight excluding hydrogens is 296 g/mol.